The fourth-order valence-electron chi connectivity index (χ4n) is 1.99. The number of aromatic nitrogens is 1. The van der Waals surface area contributed by atoms with Crippen LogP contribution in [0, 0.1) is 0 Å². The standard InChI is InChI=1S/C12H22N4O3S.ClH/c1-4-12(5-2,8-13)15-20(18,19)9-6-10(11(14)17)16(3)7-9;/h6-7,15H,4-5,8,13H2,1-3H3,(H2,14,17);1H. The molecule has 0 aliphatic rings. The van der Waals surface area contributed by atoms with Crippen molar-refractivity contribution in [2.45, 2.75) is 37.1 Å². The van der Waals surface area contributed by atoms with Gasteiger partial charge in [-0.2, -0.15) is 0 Å². The summed E-state index contributed by atoms with van der Waals surface area (Å²) in [5.74, 6) is -0.676. The first-order chi connectivity index (χ1) is 9.21. The second-order valence-electron chi connectivity index (χ2n) is 4.83. The number of hydrogen-bond acceptors (Lipinski definition) is 4. The van der Waals surface area contributed by atoms with E-state index in [0.29, 0.717) is 12.8 Å². The predicted octanol–water partition coefficient (Wildman–Crippen LogP) is 0.342. The zero-order chi connectivity index (χ0) is 15.6. The molecule has 0 saturated carbocycles. The molecule has 0 saturated heterocycles. The molecule has 1 aromatic heterocycles. The molecule has 0 aromatic carbocycles. The van der Waals surface area contributed by atoms with Crippen molar-refractivity contribution >= 4 is 28.3 Å². The Labute approximate surface area is 131 Å². The van der Waals surface area contributed by atoms with Crippen LogP contribution in [-0.4, -0.2) is 31.0 Å². The molecular formula is C12H23ClN4O3S. The quantitative estimate of drug-likeness (QED) is 0.663. The molecule has 5 N–H and O–H groups in total. The molecule has 1 rings (SSSR count). The number of nitrogens with two attached hydrogens (primary N) is 2. The summed E-state index contributed by atoms with van der Waals surface area (Å²) in [7, 11) is -2.18. The summed E-state index contributed by atoms with van der Waals surface area (Å²) in [4.78, 5) is 11.2. The maximum atomic E-state index is 12.4. The monoisotopic (exact) mass is 338 g/mol. The van der Waals surface area contributed by atoms with E-state index in [0.717, 1.165) is 0 Å². The molecule has 0 spiro atoms. The van der Waals surface area contributed by atoms with Crippen LogP contribution in [0.2, 0.25) is 0 Å². The van der Waals surface area contributed by atoms with E-state index in [1.807, 2.05) is 13.8 Å². The van der Waals surface area contributed by atoms with Gasteiger partial charge in [-0.3, -0.25) is 4.79 Å². The zero-order valence-electron chi connectivity index (χ0n) is 12.4. The van der Waals surface area contributed by atoms with Crippen LogP contribution in [-0.2, 0) is 17.1 Å². The van der Waals surface area contributed by atoms with E-state index in [4.69, 9.17) is 11.5 Å². The number of nitrogens with one attached hydrogen (secondary N) is 1. The third kappa shape index (κ3) is 4.19. The Morgan fingerprint density at radius 2 is 1.90 bits per heavy atom. The molecule has 0 atom stereocenters. The molecule has 0 bridgehead atoms. The third-order valence-corrected chi connectivity index (χ3v) is 5.18. The van der Waals surface area contributed by atoms with Gasteiger partial charge < -0.3 is 16.0 Å². The molecule has 0 aliphatic carbocycles. The minimum atomic E-state index is -3.75. The van der Waals surface area contributed by atoms with Crippen LogP contribution in [0.5, 0.6) is 0 Å². The van der Waals surface area contributed by atoms with Gasteiger partial charge in [-0.25, -0.2) is 13.1 Å². The van der Waals surface area contributed by atoms with Crippen molar-refractivity contribution in [3.63, 3.8) is 0 Å². The molecule has 0 radical (unpaired) electrons. The molecule has 1 aromatic rings. The van der Waals surface area contributed by atoms with Crippen LogP contribution in [0.1, 0.15) is 37.2 Å². The maximum absolute atomic E-state index is 12.4. The Balaban J connectivity index is 0.00000400. The predicted molar refractivity (Wildman–Crippen MR) is 83.9 cm³/mol. The van der Waals surface area contributed by atoms with E-state index in [-0.39, 0.29) is 29.5 Å². The van der Waals surface area contributed by atoms with Crippen molar-refractivity contribution in [3.8, 4) is 0 Å². The van der Waals surface area contributed by atoms with E-state index in [9.17, 15) is 13.2 Å². The highest BCUT2D eigenvalue weighted by molar-refractivity contribution is 7.89. The van der Waals surface area contributed by atoms with Crippen LogP contribution in [0.15, 0.2) is 17.2 Å². The summed E-state index contributed by atoms with van der Waals surface area (Å²) in [6.07, 6.45) is 2.51. The van der Waals surface area contributed by atoms with Gasteiger partial charge in [-0.05, 0) is 18.9 Å². The summed E-state index contributed by atoms with van der Waals surface area (Å²) < 4.78 is 28.8. The highest BCUT2D eigenvalue weighted by atomic mass is 35.5. The summed E-state index contributed by atoms with van der Waals surface area (Å²) >= 11 is 0. The molecule has 0 unspecified atom stereocenters. The second-order valence-corrected chi connectivity index (χ2v) is 6.52. The van der Waals surface area contributed by atoms with Crippen molar-refractivity contribution in [1.29, 1.82) is 0 Å². The minimum Gasteiger partial charge on any atom is -0.364 e. The van der Waals surface area contributed by atoms with Crippen molar-refractivity contribution in [2.24, 2.45) is 18.5 Å². The zero-order valence-corrected chi connectivity index (χ0v) is 14.1. The van der Waals surface area contributed by atoms with Crippen molar-refractivity contribution in [3.05, 3.63) is 18.0 Å². The van der Waals surface area contributed by atoms with E-state index in [1.165, 1.54) is 16.8 Å². The number of amides is 1. The Morgan fingerprint density at radius 3 is 2.24 bits per heavy atom. The second kappa shape index (κ2) is 7.26. The molecule has 0 aliphatic heterocycles. The highest BCUT2D eigenvalue weighted by Crippen LogP contribution is 2.20. The number of nitrogens with zero attached hydrogens (tertiary/aromatic N) is 1. The Bertz CT molecular complexity index is 585. The van der Waals surface area contributed by atoms with Gasteiger partial charge in [-0.1, -0.05) is 13.8 Å². The fraction of sp³-hybridized carbons (Fsp3) is 0.583. The van der Waals surface area contributed by atoms with Crippen LogP contribution >= 0.6 is 12.4 Å². The van der Waals surface area contributed by atoms with E-state index in [1.54, 1.807) is 7.05 Å². The first-order valence-electron chi connectivity index (χ1n) is 6.41. The number of rotatable bonds is 7. The molecule has 1 amide bonds. The van der Waals surface area contributed by atoms with Crippen molar-refractivity contribution in [2.75, 3.05) is 6.54 Å². The maximum Gasteiger partial charge on any atom is 0.265 e. The molecule has 21 heavy (non-hydrogen) atoms. The average Bonchev–Trinajstić information content (AvgIpc) is 2.79. The fourth-order valence-corrected chi connectivity index (χ4v) is 3.62. The summed E-state index contributed by atoms with van der Waals surface area (Å²) in [6.45, 7) is 3.95. The first-order valence-corrected chi connectivity index (χ1v) is 7.90. The van der Waals surface area contributed by atoms with Crippen molar-refractivity contribution in [1.82, 2.24) is 9.29 Å². The number of carbonyl (C=O) groups is 1. The number of aryl methyl sites for hydroxylation is 1. The van der Waals surface area contributed by atoms with E-state index >= 15 is 0 Å². The van der Waals surface area contributed by atoms with Crippen LogP contribution in [0.25, 0.3) is 0 Å². The van der Waals surface area contributed by atoms with E-state index in [2.05, 4.69) is 4.72 Å². The number of primary amides is 1. The smallest absolute Gasteiger partial charge is 0.265 e. The van der Waals surface area contributed by atoms with Gasteiger partial charge in [0.15, 0.2) is 0 Å². The Hall–Kier alpha value is -1.09. The van der Waals surface area contributed by atoms with Gasteiger partial charge in [0.1, 0.15) is 10.6 Å². The van der Waals surface area contributed by atoms with Gasteiger partial charge in [0.25, 0.3) is 5.91 Å². The van der Waals surface area contributed by atoms with Crippen LogP contribution in [0.3, 0.4) is 0 Å². The molecule has 7 nitrogen and oxygen atoms in total. The lowest BCUT2D eigenvalue weighted by Crippen LogP contribution is -2.52. The van der Waals surface area contributed by atoms with E-state index < -0.39 is 21.5 Å². The third-order valence-electron chi connectivity index (χ3n) is 3.64. The Kier molecular flexibility index (Phi) is 6.88. The topological polar surface area (TPSA) is 120 Å². The lowest BCUT2D eigenvalue weighted by Gasteiger charge is -2.30. The Morgan fingerprint density at radius 1 is 1.38 bits per heavy atom. The normalized spacial score (nSPS) is 12.0. The summed E-state index contributed by atoms with van der Waals surface area (Å²) in [5.41, 5.74) is 10.3. The van der Waals surface area contributed by atoms with Gasteiger partial charge in [0, 0.05) is 25.3 Å². The number of carbonyl (C=O) groups excluding carboxylic acids is 1. The van der Waals surface area contributed by atoms with Crippen molar-refractivity contribution < 1.29 is 13.2 Å². The SMILES string of the molecule is CCC(CC)(CN)NS(=O)(=O)c1cc(C(N)=O)n(C)c1.Cl. The molecule has 0 fully saturated rings. The van der Waals surface area contributed by atoms with Crippen LogP contribution in [0.4, 0.5) is 0 Å². The largest absolute Gasteiger partial charge is 0.364 e. The molecule has 9 heteroatoms. The number of hydrogen-bond donors (Lipinski definition) is 3. The van der Waals surface area contributed by atoms with Gasteiger partial charge in [0.2, 0.25) is 10.0 Å². The molecular weight excluding hydrogens is 316 g/mol. The molecule has 1 heterocycles. The molecule has 122 valence electrons. The highest BCUT2D eigenvalue weighted by Gasteiger charge is 2.31. The number of halogens is 1. The van der Waals surface area contributed by atoms with Gasteiger partial charge in [-0.15, -0.1) is 12.4 Å². The summed E-state index contributed by atoms with van der Waals surface area (Å²) in [5, 5.41) is 0. The average molecular weight is 339 g/mol. The number of sulfonamides is 1. The minimum absolute atomic E-state index is 0. The lowest BCUT2D eigenvalue weighted by molar-refractivity contribution is 0.0992. The lowest BCUT2D eigenvalue weighted by atomic mass is 9.95. The summed E-state index contributed by atoms with van der Waals surface area (Å²) in [6, 6.07) is 1.26. The van der Waals surface area contributed by atoms with Crippen LogP contribution < -0.4 is 16.2 Å². The van der Waals surface area contributed by atoms with Gasteiger partial charge in [0.05, 0.1) is 0 Å². The first kappa shape index (κ1) is 19.9. The van der Waals surface area contributed by atoms with Gasteiger partial charge >= 0.3 is 0 Å².